The van der Waals surface area contributed by atoms with Gasteiger partial charge < -0.3 is 5.73 Å². The van der Waals surface area contributed by atoms with Gasteiger partial charge in [0, 0.05) is 17.7 Å². The van der Waals surface area contributed by atoms with E-state index in [1.807, 2.05) is 0 Å². The minimum atomic E-state index is -4.45. The molecule has 0 aliphatic heterocycles. The molecule has 2 rings (SSSR count). The van der Waals surface area contributed by atoms with Crippen molar-refractivity contribution in [1.29, 1.82) is 0 Å². The van der Waals surface area contributed by atoms with Crippen molar-refractivity contribution in [2.75, 3.05) is 5.73 Å². The fourth-order valence-electron chi connectivity index (χ4n) is 1.81. The zero-order valence-corrected chi connectivity index (χ0v) is 10.9. The molecule has 0 fully saturated rings. The van der Waals surface area contributed by atoms with Crippen molar-refractivity contribution in [3.05, 3.63) is 52.6 Å². The molecule has 0 aliphatic carbocycles. The number of nitrogens with zero attached hydrogens (tertiary/aromatic N) is 1. The summed E-state index contributed by atoms with van der Waals surface area (Å²) in [6, 6.07) is 9.69. The second-order valence-electron chi connectivity index (χ2n) is 4.00. The van der Waals surface area contributed by atoms with Gasteiger partial charge in [-0.1, -0.05) is 24.3 Å². The molecule has 2 aromatic rings. The number of nitro groups is 1. The third-order valence-corrected chi connectivity index (χ3v) is 3.62. The molecule has 0 saturated heterocycles. The summed E-state index contributed by atoms with van der Waals surface area (Å²) in [6.45, 7) is 0. The van der Waals surface area contributed by atoms with E-state index in [4.69, 9.17) is 10.3 Å². The van der Waals surface area contributed by atoms with Crippen LogP contribution in [0.5, 0.6) is 0 Å². The lowest BCUT2D eigenvalue weighted by atomic mass is 10.0. The zero-order valence-electron chi connectivity index (χ0n) is 10.1. The van der Waals surface area contributed by atoms with Crippen LogP contribution in [0.4, 0.5) is 11.4 Å². The number of anilines is 1. The number of non-ortho nitro benzene ring substituents is 1. The monoisotopic (exact) mass is 294 g/mol. The zero-order chi connectivity index (χ0) is 14.9. The smallest absolute Gasteiger partial charge is 0.296 e. The molecule has 2 aromatic carbocycles. The van der Waals surface area contributed by atoms with Gasteiger partial charge in [-0.05, 0) is 11.6 Å². The maximum atomic E-state index is 11.2. The first-order valence-corrected chi connectivity index (χ1v) is 6.85. The van der Waals surface area contributed by atoms with Crippen LogP contribution in [0.25, 0.3) is 11.1 Å². The van der Waals surface area contributed by atoms with E-state index in [-0.39, 0.29) is 11.4 Å². The van der Waals surface area contributed by atoms with Crippen LogP contribution in [0, 0.1) is 10.1 Å². The van der Waals surface area contributed by atoms with E-state index >= 15 is 0 Å². The summed E-state index contributed by atoms with van der Waals surface area (Å²) in [4.78, 5) is 9.74. The van der Waals surface area contributed by atoms with Crippen LogP contribution in [-0.4, -0.2) is 17.9 Å². The molecule has 0 atom stereocenters. The summed E-state index contributed by atoms with van der Waals surface area (Å²) in [6.07, 6.45) is 0. The van der Waals surface area contributed by atoms with Gasteiger partial charge >= 0.3 is 0 Å². The van der Waals surface area contributed by atoms with Crippen LogP contribution in [0.1, 0.15) is 0 Å². The average Bonchev–Trinajstić information content (AvgIpc) is 2.37. The third kappa shape index (κ3) is 2.60. The largest absolute Gasteiger partial charge is 0.397 e. The van der Waals surface area contributed by atoms with Crippen molar-refractivity contribution in [3.8, 4) is 11.1 Å². The van der Waals surface area contributed by atoms with Gasteiger partial charge in [0.1, 0.15) is 4.90 Å². The average molecular weight is 294 g/mol. The van der Waals surface area contributed by atoms with Crippen molar-refractivity contribution < 1.29 is 17.9 Å². The fourth-order valence-corrected chi connectivity index (χ4v) is 2.45. The summed E-state index contributed by atoms with van der Waals surface area (Å²) < 4.78 is 31.4. The van der Waals surface area contributed by atoms with Crippen molar-refractivity contribution >= 4 is 21.5 Å². The van der Waals surface area contributed by atoms with Crippen LogP contribution in [0.2, 0.25) is 0 Å². The molecule has 0 spiro atoms. The maximum Gasteiger partial charge on any atom is 0.296 e. The van der Waals surface area contributed by atoms with Gasteiger partial charge in [0.25, 0.3) is 15.8 Å². The molecular formula is C12H10N2O5S. The van der Waals surface area contributed by atoms with E-state index in [1.54, 1.807) is 6.07 Å². The van der Waals surface area contributed by atoms with E-state index in [0.29, 0.717) is 11.1 Å². The fraction of sp³-hybridized carbons (Fsp3) is 0. The Hall–Kier alpha value is -2.45. The molecule has 7 nitrogen and oxygen atoms in total. The van der Waals surface area contributed by atoms with Gasteiger partial charge in [0.15, 0.2) is 0 Å². The van der Waals surface area contributed by atoms with Crippen molar-refractivity contribution in [1.82, 2.24) is 0 Å². The summed E-state index contributed by atoms with van der Waals surface area (Å²) >= 11 is 0. The quantitative estimate of drug-likeness (QED) is 0.386. The van der Waals surface area contributed by atoms with Gasteiger partial charge in [0.05, 0.1) is 10.6 Å². The summed E-state index contributed by atoms with van der Waals surface area (Å²) in [7, 11) is -4.45. The van der Waals surface area contributed by atoms with E-state index in [0.717, 1.165) is 6.07 Å². The topological polar surface area (TPSA) is 124 Å². The Morgan fingerprint density at radius 1 is 1.15 bits per heavy atom. The van der Waals surface area contributed by atoms with Gasteiger partial charge in [-0.2, -0.15) is 8.42 Å². The van der Waals surface area contributed by atoms with Crippen LogP contribution in [0.3, 0.4) is 0 Å². The van der Waals surface area contributed by atoms with Gasteiger partial charge in [-0.3, -0.25) is 14.7 Å². The molecule has 3 N–H and O–H groups in total. The van der Waals surface area contributed by atoms with Crippen LogP contribution in [0.15, 0.2) is 47.4 Å². The number of para-hydroxylation sites is 1. The standard InChI is InChI=1S/C12H10N2O5S/c13-12-10(5-2-6-11(12)20(17,18)19)8-3-1-4-9(7-8)14(15)16/h1-7H,13H2,(H,17,18,19). The Morgan fingerprint density at radius 3 is 2.40 bits per heavy atom. The molecule has 0 radical (unpaired) electrons. The lowest BCUT2D eigenvalue weighted by Crippen LogP contribution is -2.04. The Labute approximate surface area is 114 Å². The summed E-state index contributed by atoms with van der Waals surface area (Å²) in [5.74, 6) is 0. The molecule has 0 amide bonds. The van der Waals surface area contributed by atoms with Gasteiger partial charge in [-0.25, -0.2) is 0 Å². The highest BCUT2D eigenvalue weighted by Gasteiger charge is 2.17. The first-order valence-electron chi connectivity index (χ1n) is 5.41. The number of nitrogen functional groups attached to an aromatic ring is 1. The molecule has 104 valence electrons. The van der Waals surface area contributed by atoms with Gasteiger partial charge in [0.2, 0.25) is 0 Å². The number of rotatable bonds is 3. The predicted molar refractivity (Wildman–Crippen MR) is 72.8 cm³/mol. The first-order chi connectivity index (χ1) is 9.30. The predicted octanol–water partition coefficient (Wildman–Crippen LogP) is 2.09. The number of nitrogens with two attached hydrogens (primary N) is 1. The van der Waals surface area contributed by atoms with Crippen molar-refractivity contribution in [2.45, 2.75) is 4.90 Å². The van der Waals surface area contributed by atoms with E-state index in [9.17, 15) is 18.5 Å². The van der Waals surface area contributed by atoms with Crippen molar-refractivity contribution in [3.63, 3.8) is 0 Å². The summed E-state index contributed by atoms with van der Waals surface area (Å²) in [5, 5.41) is 10.7. The molecule has 0 heterocycles. The number of benzene rings is 2. The lowest BCUT2D eigenvalue weighted by molar-refractivity contribution is -0.384. The minimum Gasteiger partial charge on any atom is -0.397 e. The van der Waals surface area contributed by atoms with E-state index in [1.165, 1.54) is 30.3 Å². The Kier molecular flexibility index (Phi) is 3.43. The SMILES string of the molecule is Nc1c(-c2cccc([N+](=O)[O-])c2)cccc1S(=O)(=O)O. The molecule has 20 heavy (non-hydrogen) atoms. The van der Waals surface area contributed by atoms with E-state index < -0.39 is 19.9 Å². The molecule has 0 bridgehead atoms. The Balaban J connectivity index is 2.65. The molecule has 0 unspecified atom stereocenters. The Bertz CT molecular complexity index is 786. The normalized spacial score (nSPS) is 11.2. The molecule has 0 saturated carbocycles. The highest BCUT2D eigenvalue weighted by Crippen LogP contribution is 2.32. The van der Waals surface area contributed by atoms with E-state index in [2.05, 4.69) is 0 Å². The van der Waals surface area contributed by atoms with Crippen molar-refractivity contribution in [2.24, 2.45) is 0 Å². The number of hydrogen-bond donors (Lipinski definition) is 2. The maximum absolute atomic E-state index is 11.2. The van der Waals surface area contributed by atoms with Gasteiger partial charge in [-0.15, -0.1) is 0 Å². The second kappa shape index (κ2) is 4.91. The molecular weight excluding hydrogens is 284 g/mol. The lowest BCUT2D eigenvalue weighted by Gasteiger charge is -2.09. The minimum absolute atomic E-state index is 0.140. The second-order valence-corrected chi connectivity index (χ2v) is 5.39. The number of hydrogen-bond acceptors (Lipinski definition) is 5. The van der Waals surface area contributed by atoms with Crippen LogP contribution in [-0.2, 0) is 10.1 Å². The molecule has 0 aromatic heterocycles. The first kappa shape index (κ1) is 14.0. The number of nitro benzene ring substituents is 1. The highest BCUT2D eigenvalue weighted by atomic mass is 32.2. The highest BCUT2D eigenvalue weighted by molar-refractivity contribution is 7.86. The van der Waals surface area contributed by atoms with Crippen LogP contribution >= 0.6 is 0 Å². The molecule has 8 heteroatoms. The summed E-state index contributed by atoms with van der Waals surface area (Å²) in [5.41, 5.74) is 6.11. The van der Waals surface area contributed by atoms with Crippen LogP contribution < -0.4 is 5.73 Å². The third-order valence-electron chi connectivity index (χ3n) is 2.71. The molecule has 0 aliphatic rings. The Morgan fingerprint density at radius 2 is 1.80 bits per heavy atom.